The van der Waals surface area contributed by atoms with Crippen LogP contribution >= 0.6 is 11.6 Å². The van der Waals surface area contributed by atoms with Crippen molar-refractivity contribution in [3.8, 4) is 11.5 Å². The lowest BCUT2D eigenvalue weighted by Crippen LogP contribution is -2.10. The highest BCUT2D eigenvalue weighted by molar-refractivity contribution is 6.30. The van der Waals surface area contributed by atoms with Crippen molar-refractivity contribution in [1.82, 2.24) is 0 Å². The molecule has 2 N–H and O–H groups in total. The van der Waals surface area contributed by atoms with Gasteiger partial charge in [0, 0.05) is 5.02 Å². The van der Waals surface area contributed by atoms with Crippen molar-refractivity contribution in [2.75, 3.05) is 18.9 Å². The Hall–Kier alpha value is -1.87. The highest BCUT2D eigenvalue weighted by Gasteiger charge is 2.02. The molecule has 2 aromatic rings. The number of rotatable bonds is 5. The first-order valence-electron chi connectivity index (χ1n) is 6.44. The molecule has 0 radical (unpaired) electrons. The summed E-state index contributed by atoms with van der Waals surface area (Å²) in [5, 5.41) is 0.707. The fourth-order valence-electron chi connectivity index (χ4n) is 1.84. The Morgan fingerprint density at radius 2 is 1.65 bits per heavy atom. The molecule has 0 atom stereocenters. The Bertz CT molecular complexity index is 599. The summed E-state index contributed by atoms with van der Waals surface area (Å²) in [5.74, 6) is 1.51. The SMILES string of the molecule is Cc1ccc(N)c(OCCOc2ccc(Cl)cc2C)c1. The van der Waals surface area contributed by atoms with E-state index >= 15 is 0 Å². The van der Waals surface area contributed by atoms with Crippen molar-refractivity contribution >= 4 is 17.3 Å². The van der Waals surface area contributed by atoms with Crippen LogP contribution in [-0.2, 0) is 0 Å². The zero-order chi connectivity index (χ0) is 14.5. The van der Waals surface area contributed by atoms with E-state index in [-0.39, 0.29) is 0 Å². The zero-order valence-electron chi connectivity index (χ0n) is 11.7. The van der Waals surface area contributed by atoms with Gasteiger partial charge < -0.3 is 15.2 Å². The quantitative estimate of drug-likeness (QED) is 0.669. The Balaban J connectivity index is 1.86. The number of anilines is 1. The van der Waals surface area contributed by atoms with E-state index in [4.69, 9.17) is 26.8 Å². The molecule has 0 heterocycles. The molecule has 0 aliphatic carbocycles. The molecule has 0 bridgehead atoms. The predicted molar refractivity (Wildman–Crippen MR) is 82.8 cm³/mol. The molecule has 0 unspecified atom stereocenters. The fraction of sp³-hybridized carbons (Fsp3) is 0.250. The lowest BCUT2D eigenvalue weighted by Gasteiger charge is -2.12. The van der Waals surface area contributed by atoms with Crippen LogP contribution in [0.5, 0.6) is 11.5 Å². The van der Waals surface area contributed by atoms with Crippen LogP contribution < -0.4 is 15.2 Å². The van der Waals surface area contributed by atoms with Crippen LogP contribution in [0.25, 0.3) is 0 Å². The van der Waals surface area contributed by atoms with E-state index in [0.717, 1.165) is 16.9 Å². The van der Waals surface area contributed by atoms with Gasteiger partial charge in [-0.15, -0.1) is 0 Å². The smallest absolute Gasteiger partial charge is 0.142 e. The minimum Gasteiger partial charge on any atom is -0.490 e. The minimum absolute atomic E-state index is 0.440. The van der Waals surface area contributed by atoms with Crippen LogP contribution in [0, 0.1) is 13.8 Å². The van der Waals surface area contributed by atoms with E-state index < -0.39 is 0 Å². The standard InChI is InChI=1S/C16H18ClNO2/c1-11-3-5-14(18)16(9-11)20-8-7-19-15-6-4-13(17)10-12(15)2/h3-6,9-10H,7-8,18H2,1-2H3. The molecule has 20 heavy (non-hydrogen) atoms. The van der Waals surface area contributed by atoms with Crippen molar-refractivity contribution in [3.63, 3.8) is 0 Å². The number of aryl methyl sites for hydroxylation is 2. The molecule has 0 saturated carbocycles. The largest absolute Gasteiger partial charge is 0.490 e. The van der Waals surface area contributed by atoms with Crippen molar-refractivity contribution in [3.05, 3.63) is 52.5 Å². The van der Waals surface area contributed by atoms with Crippen LogP contribution in [0.4, 0.5) is 5.69 Å². The second kappa shape index (κ2) is 6.53. The molecule has 0 amide bonds. The molecule has 3 nitrogen and oxygen atoms in total. The number of hydrogen-bond acceptors (Lipinski definition) is 3. The zero-order valence-corrected chi connectivity index (χ0v) is 12.4. The fourth-order valence-corrected chi connectivity index (χ4v) is 2.07. The van der Waals surface area contributed by atoms with Gasteiger partial charge in [0.2, 0.25) is 0 Å². The van der Waals surface area contributed by atoms with Gasteiger partial charge in [-0.3, -0.25) is 0 Å². The van der Waals surface area contributed by atoms with E-state index in [2.05, 4.69) is 0 Å². The molecule has 106 valence electrons. The third kappa shape index (κ3) is 3.81. The molecule has 2 aromatic carbocycles. The first-order chi connectivity index (χ1) is 9.56. The average Bonchev–Trinajstić information content (AvgIpc) is 2.40. The van der Waals surface area contributed by atoms with Gasteiger partial charge in [-0.05, 0) is 55.3 Å². The Morgan fingerprint density at radius 1 is 0.950 bits per heavy atom. The Kier molecular flexibility index (Phi) is 4.74. The number of nitrogens with two attached hydrogens (primary N) is 1. The molecular weight excluding hydrogens is 274 g/mol. The molecule has 0 aliphatic heterocycles. The van der Waals surface area contributed by atoms with Gasteiger partial charge in [-0.1, -0.05) is 17.7 Å². The van der Waals surface area contributed by atoms with Crippen LogP contribution in [0.3, 0.4) is 0 Å². The maximum Gasteiger partial charge on any atom is 0.142 e. The summed E-state index contributed by atoms with van der Waals surface area (Å²) in [6, 6.07) is 11.3. The van der Waals surface area contributed by atoms with Crippen molar-refractivity contribution in [2.24, 2.45) is 0 Å². The summed E-state index contributed by atoms with van der Waals surface area (Å²) in [6.45, 7) is 4.85. The van der Waals surface area contributed by atoms with Gasteiger partial charge >= 0.3 is 0 Å². The lowest BCUT2D eigenvalue weighted by atomic mass is 10.2. The van der Waals surface area contributed by atoms with Crippen LogP contribution in [0.2, 0.25) is 5.02 Å². The monoisotopic (exact) mass is 291 g/mol. The lowest BCUT2D eigenvalue weighted by molar-refractivity contribution is 0.217. The summed E-state index contributed by atoms with van der Waals surface area (Å²) in [6.07, 6.45) is 0. The summed E-state index contributed by atoms with van der Waals surface area (Å²) in [4.78, 5) is 0. The Morgan fingerprint density at radius 3 is 2.35 bits per heavy atom. The van der Waals surface area contributed by atoms with Crippen molar-refractivity contribution < 1.29 is 9.47 Å². The van der Waals surface area contributed by atoms with Crippen LogP contribution in [-0.4, -0.2) is 13.2 Å². The normalized spacial score (nSPS) is 10.3. The van der Waals surface area contributed by atoms with Crippen molar-refractivity contribution in [2.45, 2.75) is 13.8 Å². The number of nitrogen functional groups attached to an aromatic ring is 1. The minimum atomic E-state index is 0.440. The number of hydrogen-bond donors (Lipinski definition) is 1. The maximum absolute atomic E-state index is 5.90. The summed E-state index contributed by atoms with van der Waals surface area (Å²) in [7, 11) is 0. The third-order valence-corrected chi connectivity index (χ3v) is 3.14. The first kappa shape index (κ1) is 14.5. The first-order valence-corrected chi connectivity index (χ1v) is 6.82. The predicted octanol–water partition coefficient (Wildman–Crippen LogP) is 4.00. The highest BCUT2D eigenvalue weighted by atomic mass is 35.5. The molecule has 0 saturated heterocycles. The van der Waals surface area contributed by atoms with E-state index in [9.17, 15) is 0 Å². The second-order valence-corrected chi connectivity index (χ2v) is 5.08. The van der Waals surface area contributed by atoms with Gasteiger partial charge in [0.15, 0.2) is 0 Å². The molecule has 2 rings (SSSR count). The van der Waals surface area contributed by atoms with Crippen molar-refractivity contribution in [1.29, 1.82) is 0 Å². The van der Waals surface area contributed by atoms with Gasteiger partial charge in [0.25, 0.3) is 0 Å². The van der Waals surface area contributed by atoms with Crippen LogP contribution in [0.15, 0.2) is 36.4 Å². The third-order valence-electron chi connectivity index (χ3n) is 2.90. The molecular formula is C16H18ClNO2. The molecule has 0 aromatic heterocycles. The van der Waals surface area contributed by atoms with Gasteiger partial charge in [-0.25, -0.2) is 0 Å². The number of ether oxygens (including phenoxy) is 2. The van der Waals surface area contributed by atoms with Crippen LogP contribution in [0.1, 0.15) is 11.1 Å². The van der Waals surface area contributed by atoms with Gasteiger partial charge in [0.05, 0.1) is 5.69 Å². The Labute approximate surface area is 124 Å². The maximum atomic E-state index is 5.90. The summed E-state index contributed by atoms with van der Waals surface area (Å²) < 4.78 is 11.3. The van der Waals surface area contributed by atoms with Gasteiger partial charge in [-0.2, -0.15) is 0 Å². The molecule has 0 aliphatic rings. The van der Waals surface area contributed by atoms with Gasteiger partial charge in [0.1, 0.15) is 24.7 Å². The van der Waals surface area contributed by atoms with E-state index in [1.807, 2.05) is 50.2 Å². The number of halogens is 1. The molecule has 4 heteroatoms. The van der Waals surface area contributed by atoms with E-state index in [0.29, 0.717) is 29.7 Å². The van der Waals surface area contributed by atoms with E-state index in [1.54, 1.807) is 0 Å². The average molecular weight is 292 g/mol. The highest BCUT2D eigenvalue weighted by Crippen LogP contribution is 2.23. The van der Waals surface area contributed by atoms with E-state index in [1.165, 1.54) is 0 Å². The number of benzene rings is 2. The molecule has 0 fully saturated rings. The molecule has 0 spiro atoms. The second-order valence-electron chi connectivity index (χ2n) is 4.65. The summed E-state index contributed by atoms with van der Waals surface area (Å²) in [5.41, 5.74) is 8.60. The topological polar surface area (TPSA) is 44.5 Å². The summed E-state index contributed by atoms with van der Waals surface area (Å²) >= 11 is 5.90.